The molecule has 1 aromatic heterocycles. The smallest absolute Gasteiger partial charge is 0.270 e. The molecule has 142 valence electrons. The van der Waals surface area contributed by atoms with E-state index in [2.05, 4.69) is 0 Å². The van der Waals surface area contributed by atoms with Crippen LogP contribution >= 0.6 is 11.6 Å². The Morgan fingerprint density at radius 3 is 2.62 bits per heavy atom. The molecule has 1 aromatic rings. The van der Waals surface area contributed by atoms with E-state index in [-0.39, 0.29) is 11.8 Å². The number of carbonyl (C=O) groups is 2. The van der Waals surface area contributed by atoms with Crippen molar-refractivity contribution < 1.29 is 14.7 Å². The number of aliphatic hydroxyl groups is 1. The van der Waals surface area contributed by atoms with Crippen LogP contribution < -0.4 is 0 Å². The average Bonchev–Trinajstić information content (AvgIpc) is 3.35. The van der Waals surface area contributed by atoms with Crippen LogP contribution in [-0.4, -0.2) is 63.6 Å². The lowest BCUT2D eigenvalue weighted by molar-refractivity contribution is -0.156. The topological polar surface area (TPSA) is 65.8 Å². The van der Waals surface area contributed by atoms with Gasteiger partial charge in [0.05, 0.1) is 16.5 Å². The minimum Gasteiger partial charge on any atom is -0.391 e. The summed E-state index contributed by atoms with van der Waals surface area (Å²) in [5.41, 5.74) is 0.0613. The van der Waals surface area contributed by atoms with Crippen molar-refractivity contribution in [2.75, 3.05) is 26.2 Å². The molecule has 3 aliphatic rings. The normalized spacial score (nSPS) is 25.8. The lowest BCUT2D eigenvalue weighted by atomic mass is 9.70. The third-order valence-corrected chi connectivity index (χ3v) is 6.38. The van der Waals surface area contributed by atoms with Gasteiger partial charge in [-0.2, -0.15) is 0 Å². The number of carbonyl (C=O) groups excluding carboxylic acids is 2. The summed E-state index contributed by atoms with van der Waals surface area (Å²) in [6, 6.07) is 1.68. The number of β-amino-alcohol motifs (C(OH)–C–C–N with tert-alkyl or cyclic N) is 1. The summed E-state index contributed by atoms with van der Waals surface area (Å²) in [5.74, 6) is 0.752. The van der Waals surface area contributed by atoms with E-state index in [1.54, 1.807) is 28.8 Å². The quantitative estimate of drug-likeness (QED) is 0.872. The van der Waals surface area contributed by atoms with Gasteiger partial charge in [0.15, 0.2) is 0 Å². The summed E-state index contributed by atoms with van der Waals surface area (Å²) < 4.78 is 1.74. The van der Waals surface area contributed by atoms with Crippen molar-refractivity contribution in [3.05, 3.63) is 23.0 Å². The van der Waals surface area contributed by atoms with Gasteiger partial charge in [-0.05, 0) is 44.1 Å². The molecule has 6 nitrogen and oxygen atoms in total. The molecule has 1 unspecified atom stereocenters. The highest BCUT2D eigenvalue weighted by Crippen LogP contribution is 2.42. The van der Waals surface area contributed by atoms with Crippen LogP contribution in [0.4, 0.5) is 0 Å². The summed E-state index contributed by atoms with van der Waals surface area (Å²) in [7, 11) is 1.81. The second kappa shape index (κ2) is 6.57. The van der Waals surface area contributed by atoms with E-state index in [1.807, 2.05) is 4.90 Å². The fourth-order valence-corrected chi connectivity index (χ4v) is 4.75. The van der Waals surface area contributed by atoms with E-state index in [0.717, 1.165) is 6.54 Å². The number of rotatable bonds is 3. The molecular formula is C19H26ClN3O3. The van der Waals surface area contributed by atoms with Crippen LogP contribution in [0.5, 0.6) is 0 Å². The number of hydrogen-bond donors (Lipinski definition) is 1. The summed E-state index contributed by atoms with van der Waals surface area (Å²) in [6.07, 6.45) is 5.40. The minimum atomic E-state index is -0.505. The van der Waals surface area contributed by atoms with Crippen LogP contribution in [0.15, 0.2) is 12.3 Å². The standard InChI is InChI=1S/C19H26ClN3O3/c1-21-11-14(20)8-16(21)17(25)22-6-4-19(5-7-22)9-15(24)12-23(18(19)26)10-13-2-3-13/h8,11,13,15,24H,2-7,9-10,12H2,1H3. The Morgan fingerprint density at radius 2 is 2.04 bits per heavy atom. The van der Waals surface area contributed by atoms with Crippen LogP contribution in [0.2, 0.25) is 5.02 Å². The van der Waals surface area contributed by atoms with Crippen LogP contribution in [0.1, 0.15) is 42.6 Å². The van der Waals surface area contributed by atoms with Crippen LogP contribution in [0, 0.1) is 11.3 Å². The number of likely N-dealkylation sites (tertiary alicyclic amines) is 2. The predicted molar refractivity (Wildman–Crippen MR) is 97.9 cm³/mol. The van der Waals surface area contributed by atoms with Gasteiger partial charge in [-0.25, -0.2) is 0 Å². The van der Waals surface area contributed by atoms with Crippen molar-refractivity contribution in [1.82, 2.24) is 14.4 Å². The van der Waals surface area contributed by atoms with Crippen LogP contribution in [-0.2, 0) is 11.8 Å². The maximum absolute atomic E-state index is 13.1. The molecule has 1 atom stereocenters. The molecule has 3 heterocycles. The molecule has 0 bridgehead atoms. The maximum Gasteiger partial charge on any atom is 0.270 e. The third-order valence-electron chi connectivity index (χ3n) is 6.17. The number of aromatic nitrogens is 1. The van der Waals surface area contributed by atoms with E-state index in [9.17, 15) is 14.7 Å². The van der Waals surface area contributed by atoms with Crippen molar-refractivity contribution in [2.45, 2.75) is 38.2 Å². The molecule has 0 radical (unpaired) electrons. The van der Waals surface area contributed by atoms with Gasteiger partial charge in [0.25, 0.3) is 5.91 Å². The fourth-order valence-electron chi connectivity index (χ4n) is 4.50. The highest BCUT2D eigenvalue weighted by molar-refractivity contribution is 6.31. The first-order valence-electron chi connectivity index (χ1n) is 9.46. The van der Waals surface area contributed by atoms with Crippen LogP contribution in [0.3, 0.4) is 0 Å². The monoisotopic (exact) mass is 379 g/mol. The first-order chi connectivity index (χ1) is 12.4. The first-order valence-corrected chi connectivity index (χ1v) is 9.84. The van der Waals surface area contributed by atoms with E-state index < -0.39 is 11.5 Å². The highest BCUT2D eigenvalue weighted by Gasteiger charge is 2.49. The number of nitrogens with zero attached hydrogens (tertiary/aromatic N) is 3. The number of halogens is 1. The largest absolute Gasteiger partial charge is 0.391 e. The number of aliphatic hydroxyl groups excluding tert-OH is 1. The summed E-state index contributed by atoms with van der Waals surface area (Å²) in [4.78, 5) is 29.6. The molecular weight excluding hydrogens is 354 g/mol. The Balaban J connectivity index is 1.45. The zero-order chi connectivity index (χ0) is 18.5. The zero-order valence-electron chi connectivity index (χ0n) is 15.2. The van der Waals surface area contributed by atoms with Crippen molar-refractivity contribution in [2.24, 2.45) is 18.4 Å². The lowest BCUT2D eigenvalue weighted by Crippen LogP contribution is -2.58. The van der Waals surface area contributed by atoms with Crippen molar-refractivity contribution >= 4 is 23.4 Å². The van der Waals surface area contributed by atoms with Gasteiger partial charge in [0.2, 0.25) is 5.91 Å². The van der Waals surface area contributed by atoms with Crippen molar-refractivity contribution in [1.29, 1.82) is 0 Å². The Kier molecular flexibility index (Phi) is 4.51. The maximum atomic E-state index is 13.1. The Labute approximate surface area is 158 Å². The second-order valence-corrected chi connectivity index (χ2v) is 8.67. The van der Waals surface area contributed by atoms with E-state index in [1.165, 1.54) is 12.8 Å². The zero-order valence-corrected chi connectivity index (χ0v) is 15.9. The molecule has 4 rings (SSSR count). The molecule has 0 aromatic carbocycles. The van der Waals surface area contributed by atoms with Gasteiger partial charge in [-0.1, -0.05) is 11.6 Å². The SMILES string of the molecule is Cn1cc(Cl)cc1C(=O)N1CCC2(CC1)CC(O)CN(CC1CC1)C2=O. The van der Waals surface area contributed by atoms with Gasteiger partial charge >= 0.3 is 0 Å². The molecule has 7 heteroatoms. The number of amides is 2. The Morgan fingerprint density at radius 1 is 1.35 bits per heavy atom. The lowest BCUT2D eigenvalue weighted by Gasteiger charge is -2.48. The van der Waals surface area contributed by atoms with Gasteiger partial charge in [-0.15, -0.1) is 0 Å². The molecule has 1 aliphatic carbocycles. The average molecular weight is 380 g/mol. The summed E-state index contributed by atoms with van der Waals surface area (Å²) in [5, 5.41) is 10.9. The molecule has 2 aliphatic heterocycles. The van der Waals surface area contributed by atoms with Crippen molar-refractivity contribution in [3.63, 3.8) is 0 Å². The van der Waals surface area contributed by atoms with E-state index >= 15 is 0 Å². The van der Waals surface area contributed by atoms with Crippen molar-refractivity contribution in [3.8, 4) is 0 Å². The van der Waals surface area contributed by atoms with Gasteiger partial charge < -0.3 is 19.5 Å². The van der Waals surface area contributed by atoms with Gasteiger partial charge in [-0.3, -0.25) is 9.59 Å². The number of aryl methyl sites for hydroxylation is 1. The third kappa shape index (κ3) is 3.25. The molecule has 1 N–H and O–H groups in total. The summed E-state index contributed by atoms with van der Waals surface area (Å²) >= 11 is 5.99. The van der Waals surface area contributed by atoms with E-state index in [4.69, 9.17) is 11.6 Å². The molecule has 1 spiro atoms. The molecule has 2 amide bonds. The van der Waals surface area contributed by atoms with Gasteiger partial charge in [0.1, 0.15) is 5.69 Å². The van der Waals surface area contributed by atoms with Gasteiger partial charge in [0, 0.05) is 39.4 Å². The second-order valence-electron chi connectivity index (χ2n) is 8.24. The molecule has 26 heavy (non-hydrogen) atoms. The van der Waals surface area contributed by atoms with E-state index in [0.29, 0.717) is 55.5 Å². The number of hydrogen-bond acceptors (Lipinski definition) is 3. The minimum absolute atomic E-state index is 0.0482. The molecule has 3 fully saturated rings. The first kappa shape index (κ1) is 17.9. The Bertz CT molecular complexity index is 718. The molecule has 1 saturated carbocycles. The predicted octanol–water partition coefficient (Wildman–Crippen LogP) is 1.90. The highest BCUT2D eigenvalue weighted by atomic mass is 35.5. The Hall–Kier alpha value is -1.53. The summed E-state index contributed by atoms with van der Waals surface area (Å²) in [6.45, 7) is 2.32. The van der Waals surface area contributed by atoms with Crippen LogP contribution in [0.25, 0.3) is 0 Å². The molecule has 2 saturated heterocycles. The fraction of sp³-hybridized carbons (Fsp3) is 0.684. The number of piperidine rings is 2.